The molecule has 6 rings (SSSR count). The second-order valence-corrected chi connectivity index (χ2v) is 12.3. The Bertz CT molecular complexity index is 1960. The molecule has 1 aliphatic rings. The van der Waals surface area contributed by atoms with Crippen molar-refractivity contribution in [3.63, 3.8) is 0 Å². The van der Waals surface area contributed by atoms with Gasteiger partial charge in [-0.3, -0.25) is 19.3 Å². The first-order valence-electron chi connectivity index (χ1n) is 15.8. The zero-order valence-corrected chi connectivity index (χ0v) is 28.0. The number of hydrogen-bond acceptors (Lipinski definition) is 6. The predicted molar refractivity (Wildman–Crippen MR) is 195 cm³/mol. The highest BCUT2D eigenvalue weighted by atomic mass is 32.2. The van der Waals surface area contributed by atoms with Crippen LogP contribution in [0.3, 0.4) is 0 Å². The topological polar surface area (TPSA) is 97.0 Å². The molecule has 0 atom stereocenters. The normalized spacial score (nSPS) is 12.2. The number of hydrogen-bond donors (Lipinski definition) is 2. The Morgan fingerprint density at radius 3 is 1.98 bits per heavy atom. The molecule has 49 heavy (non-hydrogen) atoms. The molecule has 8 nitrogen and oxygen atoms in total. The lowest BCUT2D eigenvalue weighted by Crippen LogP contribution is -2.30. The first-order valence-corrected chi connectivity index (χ1v) is 16.7. The van der Waals surface area contributed by atoms with Crippen LogP contribution in [0.25, 0.3) is 6.08 Å². The minimum Gasteiger partial charge on any atom is -0.493 e. The highest BCUT2D eigenvalue weighted by molar-refractivity contribution is 8.00. The monoisotopic (exact) mass is 669 g/mol. The van der Waals surface area contributed by atoms with Crippen molar-refractivity contribution >= 4 is 52.6 Å². The van der Waals surface area contributed by atoms with Crippen molar-refractivity contribution in [1.82, 2.24) is 5.32 Å². The Morgan fingerprint density at radius 1 is 0.735 bits per heavy atom. The van der Waals surface area contributed by atoms with Gasteiger partial charge in [0.15, 0.2) is 11.5 Å². The van der Waals surface area contributed by atoms with Gasteiger partial charge < -0.3 is 20.1 Å². The van der Waals surface area contributed by atoms with E-state index in [9.17, 15) is 14.4 Å². The largest absolute Gasteiger partial charge is 0.493 e. The summed E-state index contributed by atoms with van der Waals surface area (Å²) in [7, 11) is 3.07. The van der Waals surface area contributed by atoms with Crippen LogP contribution in [-0.4, -0.2) is 37.7 Å². The number of rotatable bonds is 10. The Hall–Kier alpha value is -5.80. The number of nitrogens with zero attached hydrogens (tertiary/aromatic N) is 1. The zero-order chi connectivity index (χ0) is 34.2. The summed E-state index contributed by atoms with van der Waals surface area (Å²) in [6.07, 6.45) is 3.32. The van der Waals surface area contributed by atoms with Crippen molar-refractivity contribution < 1.29 is 23.9 Å². The fourth-order valence-electron chi connectivity index (χ4n) is 5.64. The fraction of sp³-hybridized carbons (Fsp3) is 0.125. The molecule has 0 bridgehead atoms. The van der Waals surface area contributed by atoms with E-state index >= 15 is 0 Å². The maximum absolute atomic E-state index is 13.7. The molecule has 0 fully saturated rings. The molecule has 246 valence electrons. The number of ether oxygens (including phenoxy) is 2. The molecular weight excluding hydrogens is 635 g/mol. The Labute approximate surface area is 289 Å². The molecule has 0 spiro atoms. The van der Waals surface area contributed by atoms with Crippen molar-refractivity contribution in [3.05, 3.63) is 149 Å². The highest BCUT2D eigenvalue weighted by Crippen LogP contribution is 2.37. The maximum atomic E-state index is 13.7. The zero-order valence-electron chi connectivity index (χ0n) is 27.1. The standard InChI is InChI=1S/C40H35N3O5S/c1-47-36-23-16-27(25-37(36)48-2)24-33(42-39(45)30-12-4-3-5-13-30)40(46)41-31-19-21-32(22-20-31)49-26-38(44)43-34-14-8-6-10-28(34)17-18-29-11-7-9-15-35(29)43/h3-16,19-25H,17-18,26H2,1-2H3,(H,41,46)(H,42,45)/b33-24-. The van der Waals surface area contributed by atoms with Crippen molar-refractivity contribution in [2.24, 2.45) is 0 Å². The summed E-state index contributed by atoms with van der Waals surface area (Å²) in [6.45, 7) is 0. The van der Waals surface area contributed by atoms with Gasteiger partial charge in [0.1, 0.15) is 5.70 Å². The quantitative estimate of drug-likeness (QED) is 0.117. The van der Waals surface area contributed by atoms with Gasteiger partial charge >= 0.3 is 0 Å². The molecule has 0 aromatic heterocycles. The maximum Gasteiger partial charge on any atom is 0.272 e. The molecular formula is C40H35N3O5S. The van der Waals surface area contributed by atoms with E-state index in [-0.39, 0.29) is 17.4 Å². The van der Waals surface area contributed by atoms with Gasteiger partial charge in [0.2, 0.25) is 5.91 Å². The number of para-hydroxylation sites is 2. The van der Waals surface area contributed by atoms with E-state index in [1.807, 2.05) is 59.5 Å². The summed E-state index contributed by atoms with van der Waals surface area (Å²) in [5, 5.41) is 5.63. The Balaban J connectivity index is 1.17. The molecule has 2 N–H and O–H groups in total. The van der Waals surface area contributed by atoms with E-state index < -0.39 is 11.8 Å². The number of benzene rings is 5. The second kappa shape index (κ2) is 15.4. The number of fused-ring (bicyclic) bond motifs is 2. The number of aryl methyl sites for hydroxylation is 2. The van der Waals surface area contributed by atoms with Gasteiger partial charge in [-0.15, -0.1) is 11.8 Å². The van der Waals surface area contributed by atoms with E-state index in [0.717, 1.165) is 40.2 Å². The molecule has 9 heteroatoms. The minimum atomic E-state index is -0.506. The van der Waals surface area contributed by atoms with Gasteiger partial charge in [-0.1, -0.05) is 60.7 Å². The summed E-state index contributed by atoms with van der Waals surface area (Å²) < 4.78 is 10.7. The molecule has 0 radical (unpaired) electrons. The van der Waals surface area contributed by atoms with Crippen LogP contribution < -0.4 is 25.0 Å². The molecule has 0 unspecified atom stereocenters. The van der Waals surface area contributed by atoms with Gasteiger partial charge in [0.25, 0.3) is 11.8 Å². The van der Waals surface area contributed by atoms with Crippen LogP contribution in [0.5, 0.6) is 11.5 Å². The van der Waals surface area contributed by atoms with Crippen LogP contribution in [0.15, 0.2) is 132 Å². The molecule has 1 aliphatic heterocycles. The van der Waals surface area contributed by atoms with Gasteiger partial charge in [-0.2, -0.15) is 0 Å². The molecule has 0 saturated heterocycles. The SMILES string of the molecule is COc1ccc(/C=C(\NC(=O)c2ccccc2)C(=O)Nc2ccc(SCC(=O)N3c4ccccc4CCc4ccccc43)cc2)cc1OC. The number of carbonyl (C=O) groups excluding carboxylic acids is 3. The molecule has 1 heterocycles. The molecule has 3 amide bonds. The number of thioether (sulfide) groups is 1. The fourth-order valence-corrected chi connectivity index (χ4v) is 6.39. The minimum absolute atomic E-state index is 0.0109. The van der Waals surface area contributed by atoms with E-state index in [1.165, 1.54) is 18.9 Å². The lowest BCUT2D eigenvalue weighted by Gasteiger charge is -2.25. The third-order valence-corrected chi connectivity index (χ3v) is 9.10. The number of amides is 3. The predicted octanol–water partition coefficient (Wildman–Crippen LogP) is 7.67. The molecule has 0 aliphatic carbocycles. The number of nitrogens with one attached hydrogen (secondary N) is 2. The van der Waals surface area contributed by atoms with Crippen LogP contribution in [-0.2, 0) is 22.4 Å². The number of methoxy groups -OCH3 is 2. The third kappa shape index (κ3) is 7.85. The smallest absolute Gasteiger partial charge is 0.272 e. The van der Waals surface area contributed by atoms with E-state index in [1.54, 1.807) is 67.8 Å². The van der Waals surface area contributed by atoms with Crippen LogP contribution >= 0.6 is 11.8 Å². The third-order valence-electron chi connectivity index (χ3n) is 8.10. The summed E-state index contributed by atoms with van der Waals surface area (Å²) in [6, 6.07) is 37.3. The lowest BCUT2D eigenvalue weighted by atomic mass is 10.0. The first-order chi connectivity index (χ1) is 23.9. The van der Waals surface area contributed by atoms with Crippen molar-refractivity contribution in [3.8, 4) is 11.5 Å². The summed E-state index contributed by atoms with van der Waals surface area (Å²) in [4.78, 5) is 43.1. The first kappa shape index (κ1) is 33.1. The summed E-state index contributed by atoms with van der Waals surface area (Å²) >= 11 is 1.43. The van der Waals surface area contributed by atoms with Crippen LogP contribution in [0.1, 0.15) is 27.0 Å². The molecule has 0 saturated carbocycles. The summed E-state index contributed by atoms with van der Waals surface area (Å²) in [5.74, 6) is 0.323. The Kier molecular flexibility index (Phi) is 10.4. The molecule has 5 aromatic rings. The number of carbonyl (C=O) groups is 3. The summed E-state index contributed by atoms with van der Waals surface area (Å²) in [5.41, 5.74) is 5.76. The van der Waals surface area contributed by atoms with Gasteiger partial charge in [0, 0.05) is 16.1 Å². The average molecular weight is 670 g/mol. The molecule has 5 aromatic carbocycles. The van der Waals surface area contributed by atoms with E-state index in [0.29, 0.717) is 28.3 Å². The lowest BCUT2D eigenvalue weighted by molar-refractivity contribution is -0.115. The van der Waals surface area contributed by atoms with Crippen LogP contribution in [0.2, 0.25) is 0 Å². The van der Waals surface area contributed by atoms with Crippen molar-refractivity contribution in [1.29, 1.82) is 0 Å². The van der Waals surface area contributed by atoms with E-state index in [2.05, 4.69) is 22.8 Å². The van der Waals surface area contributed by atoms with Gasteiger partial charge in [-0.25, -0.2) is 0 Å². The van der Waals surface area contributed by atoms with Crippen LogP contribution in [0, 0.1) is 0 Å². The Morgan fingerprint density at radius 2 is 1.35 bits per heavy atom. The number of anilines is 3. The highest BCUT2D eigenvalue weighted by Gasteiger charge is 2.25. The average Bonchev–Trinajstić information content (AvgIpc) is 3.31. The van der Waals surface area contributed by atoms with E-state index in [4.69, 9.17) is 9.47 Å². The van der Waals surface area contributed by atoms with Gasteiger partial charge in [0.05, 0.1) is 31.3 Å². The second-order valence-electron chi connectivity index (χ2n) is 11.2. The van der Waals surface area contributed by atoms with Crippen molar-refractivity contribution in [2.45, 2.75) is 17.7 Å². The van der Waals surface area contributed by atoms with Crippen LogP contribution in [0.4, 0.5) is 17.1 Å². The van der Waals surface area contributed by atoms with Gasteiger partial charge in [-0.05, 0) is 96.3 Å². The van der Waals surface area contributed by atoms with Crippen molar-refractivity contribution in [2.75, 3.05) is 30.2 Å².